The second kappa shape index (κ2) is 9.01. The summed E-state index contributed by atoms with van der Waals surface area (Å²) < 4.78 is 6.99. The normalized spacial score (nSPS) is 19.2. The molecule has 7 nitrogen and oxygen atoms in total. The Kier molecular flexibility index (Phi) is 6.46. The van der Waals surface area contributed by atoms with Gasteiger partial charge >= 0.3 is 5.97 Å². The number of esters is 1. The predicted octanol–water partition coefficient (Wildman–Crippen LogP) is 1.29. The summed E-state index contributed by atoms with van der Waals surface area (Å²) >= 11 is 0. The molecule has 1 aliphatic heterocycles. The molecule has 0 bridgehead atoms. The maximum atomic E-state index is 12.6. The van der Waals surface area contributed by atoms with Gasteiger partial charge in [-0.1, -0.05) is 18.2 Å². The Morgan fingerprint density at radius 3 is 2.75 bits per heavy atom. The van der Waals surface area contributed by atoms with Gasteiger partial charge in [-0.2, -0.15) is 5.10 Å². The van der Waals surface area contributed by atoms with Crippen molar-refractivity contribution < 1.29 is 19.2 Å². The van der Waals surface area contributed by atoms with Crippen LogP contribution in [0.5, 0.6) is 0 Å². The Hall–Kier alpha value is -2.67. The minimum absolute atomic E-state index is 0.0571. The predicted molar refractivity (Wildman–Crippen MR) is 107 cm³/mol. The molecule has 0 saturated carbocycles. The molecule has 2 heterocycles. The molecule has 1 aromatic heterocycles. The number of aryl methyl sites for hydroxylation is 1. The number of benzene rings is 1. The van der Waals surface area contributed by atoms with Gasteiger partial charge in [-0.15, -0.1) is 0 Å². The molecular weight excluding hydrogens is 356 g/mol. The van der Waals surface area contributed by atoms with Crippen molar-refractivity contribution in [3.05, 3.63) is 41.7 Å². The van der Waals surface area contributed by atoms with E-state index in [1.807, 2.05) is 55.8 Å². The standard InChI is InChI=1S/C21H28N4O3/c1-4-28-21(27)17-9-8-12-24(13-17)14-19(26)22-20-15(2)23-25(16(20)3)18-10-6-5-7-11-18/h5-7,10-11,17H,4,8-9,12-14H2,1-3H3,(H,22,26)/p+1/t17-/m0/s1. The first-order chi connectivity index (χ1) is 13.5. The van der Waals surface area contributed by atoms with E-state index in [4.69, 9.17) is 4.74 Å². The maximum absolute atomic E-state index is 12.6. The number of amides is 1. The van der Waals surface area contributed by atoms with Crippen LogP contribution in [-0.2, 0) is 14.3 Å². The largest absolute Gasteiger partial charge is 0.466 e. The lowest BCUT2D eigenvalue weighted by Gasteiger charge is -2.28. The fourth-order valence-electron chi connectivity index (χ4n) is 3.83. The first kappa shape index (κ1) is 20.1. The van der Waals surface area contributed by atoms with Gasteiger partial charge in [0.15, 0.2) is 6.54 Å². The molecular formula is C21H29N4O3+. The van der Waals surface area contributed by atoms with Gasteiger partial charge < -0.3 is 15.0 Å². The Morgan fingerprint density at radius 2 is 2.04 bits per heavy atom. The van der Waals surface area contributed by atoms with Crippen molar-refractivity contribution in [1.82, 2.24) is 9.78 Å². The van der Waals surface area contributed by atoms with Crippen molar-refractivity contribution in [2.75, 3.05) is 31.6 Å². The minimum Gasteiger partial charge on any atom is -0.466 e. The Labute approximate surface area is 165 Å². The number of hydrogen-bond donors (Lipinski definition) is 2. The zero-order chi connectivity index (χ0) is 20.1. The van der Waals surface area contributed by atoms with Crippen LogP contribution >= 0.6 is 0 Å². The van der Waals surface area contributed by atoms with Gasteiger partial charge in [0.1, 0.15) is 5.92 Å². The number of rotatable bonds is 6. The smallest absolute Gasteiger partial charge is 0.314 e. The highest BCUT2D eigenvalue weighted by molar-refractivity contribution is 5.92. The van der Waals surface area contributed by atoms with Crippen molar-refractivity contribution in [3.63, 3.8) is 0 Å². The van der Waals surface area contributed by atoms with Crippen LogP contribution in [0.3, 0.4) is 0 Å². The third-order valence-corrected chi connectivity index (χ3v) is 5.20. The number of carbonyl (C=O) groups is 2. The highest BCUT2D eigenvalue weighted by Gasteiger charge is 2.31. The number of nitrogens with one attached hydrogen (secondary N) is 2. The van der Waals surface area contributed by atoms with Gasteiger partial charge in [0.05, 0.1) is 42.5 Å². The van der Waals surface area contributed by atoms with Gasteiger partial charge in [0, 0.05) is 0 Å². The molecule has 0 aliphatic carbocycles. The number of ether oxygens (including phenoxy) is 1. The van der Waals surface area contributed by atoms with Crippen LogP contribution < -0.4 is 10.2 Å². The molecule has 1 fully saturated rings. The van der Waals surface area contributed by atoms with Crippen LogP contribution in [-0.4, -0.2) is 47.9 Å². The fraction of sp³-hybridized carbons (Fsp3) is 0.476. The van der Waals surface area contributed by atoms with Crippen molar-refractivity contribution in [2.24, 2.45) is 5.92 Å². The number of para-hydroxylation sites is 1. The van der Waals surface area contributed by atoms with Crippen molar-refractivity contribution >= 4 is 17.6 Å². The number of quaternary nitrogens is 1. The van der Waals surface area contributed by atoms with Gasteiger partial charge in [-0.25, -0.2) is 4.68 Å². The second-order valence-corrected chi connectivity index (χ2v) is 7.31. The maximum Gasteiger partial charge on any atom is 0.314 e. The summed E-state index contributed by atoms with van der Waals surface area (Å²) in [6, 6.07) is 9.85. The number of nitrogens with zero attached hydrogens (tertiary/aromatic N) is 2. The topological polar surface area (TPSA) is 77.7 Å². The van der Waals surface area contributed by atoms with E-state index in [9.17, 15) is 9.59 Å². The van der Waals surface area contributed by atoms with Crippen LogP contribution in [0.25, 0.3) is 5.69 Å². The highest BCUT2D eigenvalue weighted by Crippen LogP contribution is 2.22. The summed E-state index contributed by atoms with van der Waals surface area (Å²) in [5.41, 5.74) is 3.40. The van der Waals surface area contributed by atoms with E-state index >= 15 is 0 Å². The van der Waals surface area contributed by atoms with Gasteiger partial charge in [0.25, 0.3) is 5.91 Å². The number of piperidine rings is 1. The number of anilines is 1. The molecule has 1 unspecified atom stereocenters. The monoisotopic (exact) mass is 385 g/mol. The quantitative estimate of drug-likeness (QED) is 0.735. The van der Waals surface area contributed by atoms with Crippen LogP contribution in [0.15, 0.2) is 30.3 Å². The van der Waals surface area contributed by atoms with E-state index in [1.54, 1.807) is 0 Å². The molecule has 3 rings (SSSR count). The molecule has 7 heteroatoms. The Bertz CT molecular complexity index is 832. The van der Waals surface area contributed by atoms with Gasteiger partial charge in [-0.3, -0.25) is 9.59 Å². The summed E-state index contributed by atoms with van der Waals surface area (Å²) in [4.78, 5) is 25.8. The summed E-state index contributed by atoms with van der Waals surface area (Å²) in [5, 5.41) is 7.60. The molecule has 2 N–H and O–H groups in total. The van der Waals surface area contributed by atoms with Crippen molar-refractivity contribution in [3.8, 4) is 5.69 Å². The van der Waals surface area contributed by atoms with E-state index in [2.05, 4.69) is 10.4 Å². The molecule has 2 aromatic rings. The molecule has 1 saturated heterocycles. The molecule has 1 aliphatic rings. The number of likely N-dealkylation sites (tertiary alicyclic amines) is 1. The fourth-order valence-corrected chi connectivity index (χ4v) is 3.83. The van der Waals surface area contributed by atoms with E-state index in [-0.39, 0.29) is 17.8 Å². The van der Waals surface area contributed by atoms with E-state index in [0.717, 1.165) is 47.0 Å². The summed E-state index contributed by atoms with van der Waals surface area (Å²) in [6.07, 6.45) is 1.77. The highest BCUT2D eigenvalue weighted by atomic mass is 16.5. The molecule has 0 radical (unpaired) electrons. The van der Waals surface area contributed by atoms with Crippen LogP contribution in [0.4, 0.5) is 5.69 Å². The van der Waals surface area contributed by atoms with E-state index < -0.39 is 0 Å². The first-order valence-corrected chi connectivity index (χ1v) is 9.91. The second-order valence-electron chi connectivity index (χ2n) is 7.31. The number of carbonyl (C=O) groups excluding carboxylic acids is 2. The molecule has 1 amide bonds. The van der Waals surface area contributed by atoms with Crippen LogP contribution in [0.2, 0.25) is 0 Å². The third-order valence-electron chi connectivity index (χ3n) is 5.20. The lowest BCUT2D eigenvalue weighted by molar-refractivity contribution is -0.899. The third kappa shape index (κ3) is 4.59. The zero-order valence-corrected chi connectivity index (χ0v) is 16.8. The van der Waals surface area contributed by atoms with Gasteiger partial charge in [-0.05, 0) is 45.7 Å². The van der Waals surface area contributed by atoms with Crippen molar-refractivity contribution in [2.45, 2.75) is 33.6 Å². The average Bonchev–Trinajstić information content (AvgIpc) is 2.97. The lowest BCUT2D eigenvalue weighted by Crippen LogP contribution is -3.14. The lowest BCUT2D eigenvalue weighted by atomic mass is 9.98. The average molecular weight is 385 g/mol. The van der Waals surface area contributed by atoms with E-state index in [0.29, 0.717) is 19.7 Å². The minimum atomic E-state index is -0.143. The summed E-state index contributed by atoms with van der Waals surface area (Å²) in [5.74, 6) is -0.310. The Morgan fingerprint density at radius 1 is 1.29 bits per heavy atom. The zero-order valence-electron chi connectivity index (χ0n) is 16.8. The number of aromatic nitrogens is 2. The molecule has 2 atom stereocenters. The number of hydrogen-bond acceptors (Lipinski definition) is 4. The Balaban J connectivity index is 1.64. The summed E-state index contributed by atoms with van der Waals surface area (Å²) in [6.45, 7) is 7.94. The van der Waals surface area contributed by atoms with Crippen LogP contribution in [0.1, 0.15) is 31.2 Å². The van der Waals surface area contributed by atoms with Crippen molar-refractivity contribution in [1.29, 1.82) is 0 Å². The van der Waals surface area contributed by atoms with Gasteiger partial charge in [0.2, 0.25) is 0 Å². The first-order valence-electron chi connectivity index (χ1n) is 9.91. The summed E-state index contributed by atoms with van der Waals surface area (Å²) in [7, 11) is 0. The molecule has 150 valence electrons. The van der Waals surface area contributed by atoms with Crippen LogP contribution in [0, 0.1) is 19.8 Å². The SMILES string of the molecule is CCOC(=O)[C@H]1CCC[NH+](CC(=O)Nc2c(C)nn(-c3ccccc3)c2C)C1. The van der Waals surface area contributed by atoms with E-state index in [1.165, 1.54) is 0 Å². The molecule has 28 heavy (non-hydrogen) atoms. The molecule has 1 aromatic carbocycles. The molecule has 0 spiro atoms.